The van der Waals surface area contributed by atoms with E-state index in [1.54, 1.807) is 6.20 Å². The van der Waals surface area contributed by atoms with E-state index in [1.807, 2.05) is 0 Å². The molecule has 0 bridgehead atoms. The molecule has 15 heavy (non-hydrogen) atoms. The molecule has 1 N–H and O–H groups in total. The van der Waals surface area contributed by atoms with Gasteiger partial charge in [0.25, 0.3) is 0 Å². The summed E-state index contributed by atoms with van der Waals surface area (Å²) in [6.07, 6.45) is 3.76. The Balaban J connectivity index is 1.91. The van der Waals surface area contributed by atoms with Crippen molar-refractivity contribution in [3.63, 3.8) is 0 Å². The van der Waals surface area contributed by atoms with Gasteiger partial charge in [0.2, 0.25) is 0 Å². The lowest BCUT2D eigenvalue weighted by atomic mass is 10.1. The number of aliphatic carboxylic acids is 1. The van der Waals surface area contributed by atoms with Gasteiger partial charge in [-0.25, -0.2) is 4.98 Å². The average molecular weight is 227 g/mol. The van der Waals surface area contributed by atoms with Crippen molar-refractivity contribution in [1.82, 2.24) is 4.98 Å². The quantitative estimate of drug-likeness (QED) is 0.843. The maximum atomic E-state index is 10.5. The molecule has 0 amide bonds. The summed E-state index contributed by atoms with van der Waals surface area (Å²) in [7, 11) is 0. The van der Waals surface area contributed by atoms with E-state index in [2.05, 4.69) is 4.98 Å². The molecule has 0 saturated carbocycles. The molecule has 2 rings (SSSR count). The van der Waals surface area contributed by atoms with Crippen molar-refractivity contribution in [1.29, 1.82) is 0 Å². The van der Waals surface area contributed by atoms with E-state index >= 15 is 0 Å². The molecule has 1 aliphatic rings. The van der Waals surface area contributed by atoms with Crippen molar-refractivity contribution < 1.29 is 14.6 Å². The number of carboxylic acid groups (broad SMARTS) is 1. The molecule has 0 aliphatic carbocycles. The SMILES string of the molecule is O=C(O)Cc1cnc(CC2CCOC2)s1. The number of carboxylic acids is 1. The normalized spacial score (nSPS) is 20.7. The lowest BCUT2D eigenvalue weighted by Gasteiger charge is -2.02. The Hall–Kier alpha value is -0.940. The summed E-state index contributed by atoms with van der Waals surface area (Å²) in [6.45, 7) is 1.66. The highest BCUT2D eigenvalue weighted by Crippen LogP contribution is 2.21. The first-order valence-electron chi connectivity index (χ1n) is 4.97. The highest BCUT2D eigenvalue weighted by molar-refractivity contribution is 7.11. The maximum Gasteiger partial charge on any atom is 0.308 e. The van der Waals surface area contributed by atoms with Crippen molar-refractivity contribution in [3.05, 3.63) is 16.1 Å². The van der Waals surface area contributed by atoms with Crippen LogP contribution in [0, 0.1) is 5.92 Å². The fourth-order valence-corrected chi connectivity index (χ4v) is 2.69. The molecule has 4 nitrogen and oxygen atoms in total. The van der Waals surface area contributed by atoms with Crippen LogP contribution >= 0.6 is 11.3 Å². The second-order valence-corrected chi connectivity index (χ2v) is 4.92. The molecule has 0 radical (unpaired) electrons. The highest BCUT2D eigenvalue weighted by atomic mass is 32.1. The maximum absolute atomic E-state index is 10.5. The van der Waals surface area contributed by atoms with Crippen molar-refractivity contribution >= 4 is 17.3 Å². The zero-order valence-electron chi connectivity index (χ0n) is 8.31. The lowest BCUT2D eigenvalue weighted by Crippen LogP contribution is -2.02. The van der Waals surface area contributed by atoms with Gasteiger partial charge in [0.15, 0.2) is 0 Å². The summed E-state index contributed by atoms with van der Waals surface area (Å²) in [5.41, 5.74) is 0. The van der Waals surface area contributed by atoms with Crippen molar-refractivity contribution in [2.45, 2.75) is 19.3 Å². The summed E-state index contributed by atoms with van der Waals surface area (Å²) >= 11 is 1.50. The number of aromatic nitrogens is 1. The second-order valence-electron chi connectivity index (χ2n) is 3.72. The standard InChI is InChI=1S/C10H13NO3S/c12-10(13)4-8-5-11-9(15-8)3-7-1-2-14-6-7/h5,7H,1-4,6H2,(H,12,13). The second kappa shape index (κ2) is 4.72. The van der Waals surface area contributed by atoms with Crippen LogP contribution in [0.25, 0.3) is 0 Å². The van der Waals surface area contributed by atoms with Crippen LogP contribution in [-0.2, 0) is 22.4 Å². The minimum atomic E-state index is -0.797. The zero-order chi connectivity index (χ0) is 10.7. The number of carbonyl (C=O) groups is 1. The number of hydrogen-bond acceptors (Lipinski definition) is 4. The molecule has 82 valence electrons. The molecule has 2 heterocycles. The molecule has 0 spiro atoms. The summed E-state index contributed by atoms with van der Waals surface area (Å²) in [4.78, 5) is 15.5. The Labute approximate surface area is 91.9 Å². The topological polar surface area (TPSA) is 59.4 Å². The molecule has 1 aromatic rings. The van der Waals surface area contributed by atoms with Gasteiger partial charge in [-0.3, -0.25) is 4.79 Å². The molecule has 1 aliphatic heterocycles. The van der Waals surface area contributed by atoms with Crippen LogP contribution in [0.4, 0.5) is 0 Å². The van der Waals surface area contributed by atoms with E-state index < -0.39 is 5.97 Å². The van der Waals surface area contributed by atoms with E-state index in [-0.39, 0.29) is 6.42 Å². The van der Waals surface area contributed by atoms with Gasteiger partial charge in [-0.1, -0.05) is 0 Å². The predicted octanol–water partition coefficient (Wildman–Crippen LogP) is 1.35. The van der Waals surface area contributed by atoms with Crippen LogP contribution in [0.15, 0.2) is 6.20 Å². The smallest absolute Gasteiger partial charge is 0.308 e. The summed E-state index contributed by atoms with van der Waals surface area (Å²) in [6, 6.07) is 0. The number of rotatable bonds is 4. The van der Waals surface area contributed by atoms with E-state index in [4.69, 9.17) is 9.84 Å². The van der Waals surface area contributed by atoms with Gasteiger partial charge in [-0.05, 0) is 12.3 Å². The van der Waals surface area contributed by atoms with Crippen LogP contribution in [0.1, 0.15) is 16.3 Å². The predicted molar refractivity (Wildman–Crippen MR) is 56.1 cm³/mol. The minimum absolute atomic E-state index is 0.0822. The Kier molecular flexibility index (Phi) is 3.33. The van der Waals surface area contributed by atoms with Crippen LogP contribution in [-0.4, -0.2) is 29.3 Å². The molecule has 5 heteroatoms. The van der Waals surface area contributed by atoms with Crippen molar-refractivity contribution in [3.8, 4) is 0 Å². The Morgan fingerprint density at radius 1 is 1.73 bits per heavy atom. The van der Waals surface area contributed by atoms with Crippen LogP contribution < -0.4 is 0 Å². The highest BCUT2D eigenvalue weighted by Gasteiger charge is 2.17. The summed E-state index contributed by atoms with van der Waals surface area (Å²) < 4.78 is 5.28. The zero-order valence-corrected chi connectivity index (χ0v) is 9.13. The van der Waals surface area contributed by atoms with Gasteiger partial charge in [-0.15, -0.1) is 11.3 Å². The molecule has 1 atom stereocenters. The number of hydrogen-bond donors (Lipinski definition) is 1. The average Bonchev–Trinajstić information content (AvgIpc) is 2.77. The largest absolute Gasteiger partial charge is 0.481 e. The molecular weight excluding hydrogens is 214 g/mol. The molecule has 1 aromatic heterocycles. The monoisotopic (exact) mass is 227 g/mol. The number of nitrogens with zero attached hydrogens (tertiary/aromatic N) is 1. The van der Waals surface area contributed by atoms with Gasteiger partial charge >= 0.3 is 5.97 Å². The van der Waals surface area contributed by atoms with Crippen LogP contribution in [0.2, 0.25) is 0 Å². The number of thiazole rings is 1. The molecular formula is C10H13NO3S. The van der Waals surface area contributed by atoms with Gasteiger partial charge in [-0.2, -0.15) is 0 Å². The third-order valence-corrected chi connectivity index (χ3v) is 3.43. The Morgan fingerprint density at radius 2 is 2.60 bits per heavy atom. The fraction of sp³-hybridized carbons (Fsp3) is 0.600. The third-order valence-electron chi connectivity index (χ3n) is 2.41. The summed E-state index contributed by atoms with van der Waals surface area (Å²) in [5.74, 6) is -0.233. The third kappa shape index (κ3) is 3.00. The van der Waals surface area contributed by atoms with Crippen molar-refractivity contribution in [2.75, 3.05) is 13.2 Å². The van der Waals surface area contributed by atoms with E-state index in [9.17, 15) is 4.79 Å². The summed E-state index contributed by atoms with van der Waals surface area (Å²) in [5, 5.41) is 9.65. The first-order chi connectivity index (χ1) is 7.24. The van der Waals surface area contributed by atoms with Gasteiger partial charge in [0.05, 0.1) is 11.4 Å². The minimum Gasteiger partial charge on any atom is -0.481 e. The first kappa shape index (κ1) is 10.6. The van der Waals surface area contributed by atoms with Gasteiger partial charge < -0.3 is 9.84 Å². The van der Waals surface area contributed by atoms with E-state index in [0.29, 0.717) is 5.92 Å². The Morgan fingerprint density at radius 3 is 3.27 bits per heavy atom. The molecule has 1 saturated heterocycles. The first-order valence-corrected chi connectivity index (χ1v) is 5.79. The fourth-order valence-electron chi connectivity index (χ4n) is 1.66. The molecule has 0 aromatic carbocycles. The van der Waals surface area contributed by atoms with Crippen LogP contribution in [0.5, 0.6) is 0 Å². The van der Waals surface area contributed by atoms with E-state index in [0.717, 1.165) is 35.9 Å². The Bertz CT molecular complexity index is 344. The van der Waals surface area contributed by atoms with Gasteiger partial charge in [0.1, 0.15) is 0 Å². The number of ether oxygens (including phenoxy) is 1. The van der Waals surface area contributed by atoms with Crippen molar-refractivity contribution in [2.24, 2.45) is 5.92 Å². The molecule has 1 fully saturated rings. The van der Waals surface area contributed by atoms with Crippen LogP contribution in [0.3, 0.4) is 0 Å². The molecule has 1 unspecified atom stereocenters. The van der Waals surface area contributed by atoms with E-state index in [1.165, 1.54) is 11.3 Å². The lowest BCUT2D eigenvalue weighted by molar-refractivity contribution is -0.136. The van der Waals surface area contributed by atoms with Gasteiger partial charge in [0, 0.05) is 30.7 Å².